The van der Waals surface area contributed by atoms with Gasteiger partial charge < -0.3 is 15.0 Å². The molecule has 20 heavy (non-hydrogen) atoms. The zero-order chi connectivity index (χ0) is 14.8. The number of H-pyrrole nitrogens is 1. The van der Waals surface area contributed by atoms with Gasteiger partial charge in [0.1, 0.15) is 5.69 Å². The molecule has 0 radical (unpaired) electrons. The van der Waals surface area contributed by atoms with Crippen molar-refractivity contribution in [2.24, 2.45) is 0 Å². The highest BCUT2D eigenvalue weighted by Gasteiger charge is 2.16. The lowest BCUT2D eigenvalue weighted by molar-refractivity contribution is -0.125. The Kier molecular flexibility index (Phi) is 3.79. The molecule has 5 heteroatoms. The van der Waals surface area contributed by atoms with E-state index in [9.17, 15) is 9.59 Å². The summed E-state index contributed by atoms with van der Waals surface area (Å²) in [6.45, 7) is 5.31. The zero-order valence-corrected chi connectivity index (χ0v) is 11.8. The molecule has 0 fully saturated rings. The Bertz CT molecular complexity index is 605. The Hall–Kier alpha value is -2.30. The molecule has 2 N–H and O–H groups in total. The Labute approximate surface area is 117 Å². The predicted molar refractivity (Wildman–Crippen MR) is 76.5 cm³/mol. The van der Waals surface area contributed by atoms with Crippen LogP contribution in [0.2, 0.25) is 0 Å². The molecule has 0 aliphatic rings. The Morgan fingerprint density at radius 1 is 1.25 bits per heavy atom. The van der Waals surface area contributed by atoms with Crippen molar-refractivity contribution in [1.82, 2.24) is 10.3 Å². The number of amides is 1. The Balaban J connectivity index is 1.97. The van der Waals surface area contributed by atoms with E-state index >= 15 is 0 Å². The average Bonchev–Trinajstić information content (AvgIpc) is 2.77. The lowest BCUT2D eigenvalue weighted by atomic mass is 10.1. The second-order valence-corrected chi connectivity index (χ2v) is 5.64. The van der Waals surface area contributed by atoms with Crippen LogP contribution in [0.1, 0.15) is 31.3 Å². The second-order valence-electron chi connectivity index (χ2n) is 5.64. The number of ether oxygens (including phenoxy) is 1. The van der Waals surface area contributed by atoms with Gasteiger partial charge in [0.15, 0.2) is 6.61 Å². The molecule has 1 aromatic heterocycles. The largest absolute Gasteiger partial charge is 0.451 e. The molecule has 1 aromatic carbocycles. The van der Waals surface area contributed by atoms with Gasteiger partial charge in [-0.3, -0.25) is 4.79 Å². The van der Waals surface area contributed by atoms with Crippen LogP contribution in [0.25, 0.3) is 10.9 Å². The summed E-state index contributed by atoms with van der Waals surface area (Å²) in [6, 6.07) is 9.25. The molecule has 2 aromatic rings. The molecular formula is C15H18N2O3. The Morgan fingerprint density at radius 2 is 1.95 bits per heavy atom. The molecule has 0 saturated heterocycles. The molecule has 0 atom stereocenters. The fraction of sp³-hybridized carbons (Fsp3) is 0.333. The van der Waals surface area contributed by atoms with Crippen LogP contribution >= 0.6 is 0 Å². The third-order valence-electron chi connectivity index (χ3n) is 2.60. The summed E-state index contributed by atoms with van der Waals surface area (Å²) in [5, 5.41) is 3.66. The van der Waals surface area contributed by atoms with E-state index in [1.807, 2.05) is 45.0 Å². The SMILES string of the molecule is CC(C)(C)NC(=O)COC(=O)c1cc2ccccc2[nH]1. The number of aromatic nitrogens is 1. The van der Waals surface area contributed by atoms with E-state index in [1.165, 1.54) is 0 Å². The predicted octanol–water partition coefficient (Wildman–Crippen LogP) is 2.24. The van der Waals surface area contributed by atoms with Crippen LogP contribution < -0.4 is 5.32 Å². The van der Waals surface area contributed by atoms with E-state index in [1.54, 1.807) is 6.07 Å². The summed E-state index contributed by atoms with van der Waals surface area (Å²) >= 11 is 0. The third-order valence-corrected chi connectivity index (χ3v) is 2.60. The Morgan fingerprint density at radius 3 is 2.60 bits per heavy atom. The average molecular weight is 274 g/mol. The first-order valence-corrected chi connectivity index (χ1v) is 6.41. The summed E-state index contributed by atoms with van der Waals surface area (Å²) in [5.41, 5.74) is 0.860. The fourth-order valence-electron chi connectivity index (χ4n) is 1.85. The molecule has 1 heterocycles. The number of nitrogens with one attached hydrogen (secondary N) is 2. The van der Waals surface area contributed by atoms with E-state index < -0.39 is 5.97 Å². The number of para-hydroxylation sites is 1. The lowest BCUT2D eigenvalue weighted by Crippen LogP contribution is -2.42. The van der Waals surface area contributed by atoms with Crippen molar-refractivity contribution in [3.63, 3.8) is 0 Å². The van der Waals surface area contributed by atoms with Crippen molar-refractivity contribution in [2.45, 2.75) is 26.3 Å². The number of carbonyl (C=O) groups is 2. The van der Waals surface area contributed by atoms with Crippen LogP contribution in [-0.4, -0.2) is 29.0 Å². The van der Waals surface area contributed by atoms with Gasteiger partial charge in [-0.2, -0.15) is 0 Å². The minimum Gasteiger partial charge on any atom is -0.451 e. The van der Waals surface area contributed by atoms with Gasteiger partial charge in [-0.05, 0) is 32.9 Å². The van der Waals surface area contributed by atoms with E-state index in [0.29, 0.717) is 5.69 Å². The summed E-state index contributed by atoms with van der Waals surface area (Å²) in [4.78, 5) is 26.4. The monoisotopic (exact) mass is 274 g/mol. The van der Waals surface area contributed by atoms with Crippen LogP contribution in [0, 0.1) is 0 Å². The number of hydrogen-bond donors (Lipinski definition) is 2. The maximum Gasteiger partial charge on any atom is 0.355 e. The summed E-state index contributed by atoms with van der Waals surface area (Å²) < 4.78 is 4.98. The van der Waals surface area contributed by atoms with Gasteiger partial charge in [-0.25, -0.2) is 4.79 Å². The second kappa shape index (κ2) is 5.36. The van der Waals surface area contributed by atoms with Gasteiger partial charge >= 0.3 is 5.97 Å². The van der Waals surface area contributed by atoms with E-state index in [4.69, 9.17) is 4.74 Å². The number of hydrogen-bond acceptors (Lipinski definition) is 3. The van der Waals surface area contributed by atoms with E-state index in [-0.39, 0.29) is 18.1 Å². The molecule has 5 nitrogen and oxygen atoms in total. The van der Waals surface area contributed by atoms with Crippen LogP contribution in [0.5, 0.6) is 0 Å². The van der Waals surface area contributed by atoms with Crippen LogP contribution in [0.15, 0.2) is 30.3 Å². The molecular weight excluding hydrogens is 256 g/mol. The molecule has 0 saturated carbocycles. The number of fused-ring (bicyclic) bond motifs is 1. The van der Waals surface area contributed by atoms with Crippen molar-refractivity contribution in [3.8, 4) is 0 Å². The van der Waals surface area contributed by atoms with Gasteiger partial charge in [0, 0.05) is 16.4 Å². The maximum atomic E-state index is 11.9. The van der Waals surface area contributed by atoms with E-state index in [0.717, 1.165) is 10.9 Å². The summed E-state index contributed by atoms with van der Waals surface area (Å²) in [6.07, 6.45) is 0. The lowest BCUT2D eigenvalue weighted by Gasteiger charge is -2.20. The summed E-state index contributed by atoms with van der Waals surface area (Å²) in [7, 11) is 0. The van der Waals surface area contributed by atoms with Crippen molar-refractivity contribution >= 4 is 22.8 Å². The number of carbonyl (C=O) groups excluding carboxylic acids is 2. The molecule has 2 rings (SSSR count). The highest BCUT2D eigenvalue weighted by molar-refractivity contribution is 5.95. The fourth-order valence-corrected chi connectivity index (χ4v) is 1.85. The molecule has 1 amide bonds. The summed E-state index contributed by atoms with van der Waals surface area (Å²) in [5.74, 6) is -0.854. The van der Waals surface area contributed by atoms with Crippen molar-refractivity contribution < 1.29 is 14.3 Å². The highest BCUT2D eigenvalue weighted by atomic mass is 16.5. The van der Waals surface area contributed by atoms with E-state index in [2.05, 4.69) is 10.3 Å². The van der Waals surface area contributed by atoms with Crippen LogP contribution in [-0.2, 0) is 9.53 Å². The van der Waals surface area contributed by atoms with Crippen molar-refractivity contribution in [1.29, 1.82) is 0 Å². The zero-order valence-electron chi connectivity index (χ0n) is 11.8. The molecule has 0 unspecified atom stereocenters. The maximum absolute atomic E-state index is 11.9. The standard InChI is InChI=1S/C15H18N2O3/c1-15(2,3)17-13(18)9-20-14(19)12-8-10-6-4-5-7-11(10)16-12/h4-8,16H,9H2,1-3H3,(H,17,18). The van der Waals surface area contributed by atoms with Crippen molar-refractivity contribution in [3.05, 3.63) is 36.0 Å². The first-order chi connectivity index (χ1) is 9.35. The van der Waals surface area contributed by atoms with Crippen LogP contribution in [0.4, 0.5) is 0 Å². The highest BCUT2D eigenvalue weighted by Crippen LogP contribution is 2.15. The molecule has 0 spiro atoms. The van der Waals surface area contributed by atoms with Crippen molar-refractivity contribution in [2.75, 3.05) is 6.61 Å². The number of rotatable bonds is 3. The minimum absolute atomic E-state index is 0.286. The first-order valence-electron chi connectivity index (χ1n) is 6.41. The number of aromatic amines is 1. The minimum atomic E-state index is -0.537. The molecule has 0 bridgehead atoms. The van der Waals surface area contributed by atoms with Gasteiger partial charge in [0.05, 0.1) is 0 Å². The van der Waals surface area contributed by atoms with Gasteiger partial charge in [-0.1, -0.05) is 18.2 Å². The third kappa shape index (κ3) is 3.60. The van der Waals surface area contributed by atoms with Gasteiger partial charge in [0.25, 0.3) is 5.91 Å². The quantitative estimate of drug-likeness (QED) is 0.843. The molecule has 0 aliphatic carbocycles. The van der Waals surface area contributed by atoms with Gasteiger partial charge in [0.2, 0.25) is 0 Å². The molecule has 106 valence electrons. The normalized spacial score (nSPS) is 11.3. The topological polar surface area (TPSA) is 71.2 Å². The number of benzene rings is 1. The van der Waals surface area contributed by atoms with Gasteiger partial charge in [-0.15, -0.1) is 0 Å². The van der Waals surface area contributed by atoms with Crippen LogP contribution in [0.3, 0.4) is 0 Å². The first kappa shape index (κ1) is 14.1. The molecule has 0 aliphatic heterocycles. The smallest absolute Gasteiger partial charge is 0.355 e. The number of esters is 1.